The minimum atomic E-state index is -0.839. The first-order chi connectivity index (χ1) is 16.4. The average molecular weight is 457 g/mol. The topological polar surface area (TPSA) is 85.3 Å². The minimum absolute atomic E-state index is 0.00296. The Morgan fingerprint density at radius 1 is 0.971 bits per heavy atom. The highest BCUT2D eigenvalue weighted by Crippen LogP contribution is 2.45. The van der Waals surface area contributed by atoms with Gasteiger partial charge in [0.05, 0.1) is 17.7 Å². The van der Waals surface area contributed by atoms with Crippen molar-refractivity contribution in [3.8, 4) is 17.2 Å². The number of nitrogens with zero attached hydrogens (tertiary/aromatic N) is 1. The van der Waals surface area contributed by atoms with Gasteiger partial charge in [-0.25, -0.2) is 0 Å². The number of Topliss-reactive ketones (excluding diaryl/α,β-unsaturated/α-hetero) is 1. The second kappa shape index (κ2) is 8.59. The number of amides is 1. The molecule has 3 aromatic rings. The Kier molecular flexibility index (Phi) is 5.45. The monoisotopic (exact) mass is 457 g/mol. The molecular formula is C27H23NO6. The third-order valence-electron chi connectivity index (χ3n) is 5.69. The standard InChI is InChI=1S/C27H23NO6/c1-16(2)34-20-11-8-17(9-12-20)24-23(25(29)18-6-4-3-5-7-18)26(30)27(31)28(24)19-10-13-21-22(14-19)33-15-32-21/h3-14,16,24,29H,15H2,1-2H3/b25-23+. The maximum atomic E-state index is 13.3. The highest BCUT2D eigenvalue weighted by molar-refractivity contribution is 6.51. The highest BCUT2D eigenvalue weighted by Gasteiger charge is 2.47. The summed E-state index contributed by atoms with van der Waals surface area (Å²) >= 11 is 0. The molecule has 2 aliphatic heterocycles. The molecule has 0 aromatic heterocycles. The van der Waals surface area contributed by atoms with Crippen LogP contribution in [0.1, 0.15) is 31.0 Å². The van der Waals surface area contributed by atoms with Gasteiger partial charge in [-0.05, 0) is 43.7 Å². The summed E-state index contributed by atoms with van der Waals surface area (Å²) in [6.07, 6.45) is 0.00296. The van der Waals surface area contributed by atoms with E-state index in [-0.39, 0.29) is 24.2 Å². The minimum Gasteiger partial charge on any atom is -0.507 e. The van der Waals surface area contributed by atoms with Crippen molar-refractivity contribution in [2.24, 2.45) is 0 Å². The number of hydrogen-bond acceptors (Lipinski definition) is 6. The van der Waals surface area contributed by atoms with E-state index in [9.17, 15) is 14.7 Å². The molecule has 7 heteroatoms. The maximum Gasteiger partial charge on any atom is 0.300 e. The number of hydrogen-bond donors (Lipinski definition) is 1. The van der Waals surface area contributed by atoms with Crippen LogP contribution in [0.2, 0.25) is 0 Å². The first-order valence-electron chi connectivity index (χ1n) is 11.0. The van der Waals surface area contributed by atoms with E-state index in [2.05, 4.69) is 0 Å². The molecule has 7 nitrogen and oxygen atoms in total. The molecule has 1 unspecified atom stereocenters. The number of benzene rings is 3. The molecular weight excluding hydrogens is 434 g/mol. The fourth-order valence-electron chi connectivity index (χ4n) is 4.20. The van der Waals surface area contributed by atoms with E-state index in [1.807, 2.05) is 19.9 Å². The second-order valence-corrected chi connectivity index (χ2v) is 8.31. The van der Waals surface area contributed by atoms with Gasteiger partial charge in [-0.15, -0.1) is 0 Å². The molecule has 0 spiro atoms. The summed E-state index contributed by atoms with van der Waals surface area (Å²) < 4.78 is 16.6. The van der Waals surface area contributed by atoms with Gasteiger partial charge in [-0.1, -0.05) is 42.5 Å². The first kappa shape index (κ1) is 21.6. The van der Waals surface area contributed by atoms with Crippen molar-refractivity contribution in [1.82, 2.24) is 0 Å². The quantitative estimate of drug-likeness (QED) is 0.336. The van der Waals surface area contributed by atoms with Crippen molar-refractivity contribution in [1.29, 1.82) is 0 Å². The molecule has 3 aromatic carbocycles. The molecule has 1 amide bonds. The summed E-state index contributed by atoms with van der Waals surface area (Å²) in [7, 11) is 0. The van der Waals surface area contributed by atoms with Crippen LogP contribution >= 0.6 is 0 Å². The Hall–Kier alpha value is -4.26. The zero-order chi connectivity index (χ0) is 23.8. The molecule has 2 aliphatic rings. The van der Waals surface area contributed by atoms with Crippen molar-refractivity contribution >= 4 is 23.1 Å². The number of ether oxygens (including phenoxy) is 3. The summed E-state index contributed by atoms with van der Waals surface area (Å²) in [4.78, 5) is 27.9. The predicted octanol–water partition coefficient (Wildman–Crippen LogP) is 4.83. The Labute approximate surface area is 196 Å². The number of anilines is 1. The van der Waals surface area contributed by atoms with Crippen molar-refractivity contribution in [3.05, 3.63) is 89.5 Å². The van der Waals surface area contributed by atoms with Crippen LogP contribution in [0.5, 0.6) is 17.2 Å². The molecule has 34 heavy (non-hydrogen) atoms. The zero-order valence-electron chi connectivity index (χ0n) is 18.7. The van der Waals surface area contributed by atoms with Crippen LogP contribution in [0.15, 0.2) is 78.4 Å². The number of ketones is 1. The van der Waals surface area contributed by atoms with Gasteiger partial charge in [0.15, 0.2) is 11.5 Å². The lowest BCUT2D eigenvalue weighted by Crippen LogP contribution is -2.29. The van der Waals surface area contributed by atoms with Crippen molar-refractivity contribution in [2.45, 2.75) is 26.0 Å². The number of carbonyl (C=O) groups excluding carboxylic acids is 2. The summed E-state index contributed by atoms with van der Waals surface area (Å²) in [5, 5.41) is 11.1. The summed E-state index contributed by atoms with van der Waals surface area (Å²) in [6, 6.07) is 20.1. The number of carbonyl (C=O) groups is 2. The summed E-state index contributed by atoms with van der Waals surface area (Å²) in [6.45, 7) is 3.96. The molecule has 1 fully saturated rings. The third kappa shape index (κ3) is 3.75. The Balaban J connectivity index is 1.66. The Bertz CT molecular complexity index is 1280. The van der Waals surface area contributed by atoms with Crippen LogP contribution in [-0.4, -0.2) is 29.7 Å². The Morgan fingerprint density at radius 2 is 1.68 bits per heavy atom. The lowest BCUT2D eigenvalue weighted by atomic mass is 9.95. The molecule has 0 radical (unpaired) electrons. The van der Waals surface area contributed by atoms with E-state index in [0.29, 0.717) is 34.1 Å². The largest absolute Gasteiger partial charge is 0.507 e. The smallest absolute Gasteiger partial charge is 0.300 e. The molecule has 0 bridgehead atoms. The van der Waals surface area contributed by atoms with Gasteiger partial charge in [-0.2, -0.15) is 0 Å². The van der Waals surface area contributed by atoms with E-state index in [1.165, 1.54) is 4.90 Å². The Morgan fingerprint density at radius 3 is 2.38 bits per heavy atom. The molecule has 1 N–H and O–H groups in total. The fourth-order valence-corrected chi connectivity index (χ4v) is 4.20. The molecule has 5 rings (SSSR count). The van der Waals surface area contributed by atoms with Crippen LogP contribution in [0.3, 0.4) is 0 Å². The van der Waals surface area contributed by atoms with Crippen LogP contribution in [0, 0.1) is 0 Å². The summed E-state index contributed by atoms with van der Waals surface area (Å²) in [5.41, 5.74) is 1.60. The number of fused-ring (bicyclic) bond motifs is 1. The van der Waals surface area contributed by atoms with Crippen LogP contribution in [-0.2, 0) is 9.59 Å². The van der Waals surface area contributed by atoms with Crippen molar-refractivity contribution < 1.29 is 28.9 Å². The molecule has 0 saturated carbocycles. The first-order valence-corrected chi connectivity index (χ1v) is 11.0. The normalized spacial score (nSPS) is 18.6. The van der Waals surface area contributed by atoms with Gasteiger partial charge >= 0.3 is 0 Å². The van der Waals surface area contributed by atoms with E-state index < -0.39 is 17.7 Å². The summed E-state index contributed by atoms with van der Waals surface area (Å²) in [5.74, 6) is 0.00479. The second-order valence-electron chi connectivity index (χ2n) is 8.31. The zero-order valence-corrected chi connectivity index (χ0v) is 18.7. The molecule has 0 aliphatic carbocycles. The van der Waals surface area contributed by atoms with Crippen molar-refractivity contribution in [3.63, 3.8) is 0 Å². The SMILES string of the molecule is CC(C)Oc1ccc(C2/C(=C(\O)c3ccccc3)C(=O)C(=O)N2c2ccc3c(c2)OCO3)cc1. The molecule has 1 atom stereocenters. The third-order valence-corrected chi connectivity index (χ3v) is 5.69. The number of aliphatic hydroxyl groups excluding tert-OH is 1. The fraction of sp³-hybridized carbons (Fsp3) is 0.185. The molecule has 172 valence electrons. The highest BCUT2D eigenvalue weighted by atomic mass is 16.7. The van der Waals surface area contributed by atoms with Gasteiger partial charge in [0, 0.05) is 17.3 Å². The number of rotatable bonds is 5. The average Bonchev–Trinajstić information content (AvgIpc) is 3.41. The van der Waals surface area contributed by atoms with Gasteiger partial charge < -0.3 is 19.3 Å². The van der Waals surface area contributed by atoms with Crippen LogP contribution < -0.4 is 19.1 Å². The predicted molar refractivity (Wildman–Crippen MR) is 126 cm³/mol. The van der Waals surface area contributed by atoms with Gasteiger partial charge in [0.1, 0.15) is 11.5 Å². The van der Waals surface area contributed by atoms with Crippen LogP contribution in [0.25, 0.3) is 5.76 Å². The van der Waals surface area contributed by atoms with Crippen molar-refractivity contribution in [2.75, 3.05) is 11.7 Å². The van der Waals surface area contributed by atoms with Gasteiger partial charge in [0.2, 0.25) is 6.79 Å². The molecule has 2 heterocycles. The van der Waals surface area contributed by atoms with E-state index in [0.717, 1.165) is 0 Å². The maximum absolute atomic E-state index is 13.3. The number of aliphatic hydroxyl groups is 1. The van der Waals surface area contributed by atoms with Crippen LogP contribution in [0.4, 0.5) is 5.69 Å². The lowest BCUT2D eigenvalue weighted by Gasteiger charge is -2.26. The molecule has 1 saturated heterocycles. The van der Waals surface area contributed by atoms with E-state index in [4.69, 9.17) is 14.2 Å². The van der Waals surface area contributed by atoms with E-state index in [1.54, 1.807) is 66.7 Å². The lowest BCUT2D eigenvalue weighted by molar-refractivity contribution is -0.132. The van der Waals surface area contributed by atoms with E-state index >= 15 is 0 Å². The van der Waals surface area contributed by atoms with Gasteiger partial charge in [0.25, 0.3) is 11.7 Å². The van der Waals surface area contributed by atoms with Gasteiger partial charge in [-0.3, -0.25) is 14.5 Å².